The van der Waals surface area contributed by atoms with E-state index in [4.69, 9.17) is 18.9 Å². The molecule has 2 aliphatic heterocycles. The van der Waals surface area contributed by atoms with Crippen LogP contribution in [-0.4, -0.2) is 38.0 Å². The predicted octanol–water partition coefficient (Wildman–Crippen LogP) is 5.55. The Morgan fingerprint density at radius 2 is 1.57 bits per heavy atom. The summed E-state index contributed by atoms with van der Waals surface area (Å²) < 4.78 is 23.9. The molecular formula is C30H36O5. The third-order valence-corrected chi connectivity index (χ3v) is 10.1. The van der Waals surface area contributed by atoms with Gasteiger partial charge in [-0.05, 0) is 73.6 Å². The molecule has 0 aromatic heterocycles. The van der Waals surface area contributed by atoms with Crippen LogP contribution in [0.3, 0.4) is 0 Å². The van der Waals surface area contributed by atoms with Crippen molar-refractivity contribution in [1.82, 2.24) is 0 Å². The Hall–Kier alpha value is -1.79. The van der Waals surface area contributed by atoms with Gasteiger partial charge in [-0.1, -0.05) is 36.8 Å². The first-order valence-corrected chi connectivity index (χ1v) is 13.6. The van der Waals surface area contributed by atoms with Crippen LogP contribution in [0.1, 0.15) is 75.8 Å². The molecule has 6 aliphatic rings. The van der Waals surface area contributed by atoms with Gasteiger partial charge in [-0.3, -0.25) is 4.79 Å². The Morgan fingerprint density at radius 3 is 2.31 bits per heavy atom. The molecule has 0 radical (unpaired) electrons. The fourth-order valence-corrected chi connectivity index (χ4v) is 8.25. The van der Waals surface area contributed by atoms with Crippen molar-refractivity contribution in [3.63, 3.8) is 0 Å². The first-order valence-electron chi connectivity index (χ1n) is 13.6. The number of ether oxygens (including phenoxy) is 4. The van der Waals surface area contributed by atoms with E-state index in [0.29, 0.717) is 44.0 Å². The Balaban J connectivity index is 1.32. The monoisotopic (exact) mass is 476 g/mol. The molecule has 0 bridgehead atoms. The highest BCUT2D eigenvalue weighted by Crippen LogP contribution is 2.63. The van der Waals surface area contributed by atoms with Crippen LogP contribution in [0.2, 0.25) is 0 Å². The largest absolute Gasteiger partial charge is 0.344 e. The molecule has 4 atom stereocenters. The molecule has 2 saturated heterocycles. The maximum absolute atomic E-state index is 13.2. The summed E-state index contributed by atoms with van der Waals surface area (Å²) >= 11 is 0. The smallest absolute Gasteiger partial charge is 0.192 e. The molecule has 7 rings (SSSR count). The average Bonchev–Trinajstić information content (AvgIpc) is 3.59. The normalized spacial score (nSPS) is 37.3. The van der Waals surface area contributed by atoms with Gasteiger partial charge in [0.25, 0.3) is 0 Å². The number of hydrogen-bond acceptors (Lipinski definition) is 5. The molecule has 1 spiro atoms. The van der Waals surface area contributed by atoms with E-state index in [1.807, 2.05) is 6.92 Å². The van der Waals surface area contributed by atoms with E-state index < -0.39 is 11.6 Å². The van der Waals surface area contributed by atoms with E-state index in [9.17, 15) is 4.79 Å². The van der Waals surface area contributed by atoms with Gasteiger partial charge in [-0.2, -0.15) is 0 Å². The number of carbonyl (C=O) groups is 1. The van der Waals surface area contributed by atoms with Gasteiger partial charge < -0.3 is 18.9 Å². The summed E-state index contributed by atoms with van der Waals surface area (Å²) in [6, 6.07) is 8.86. The lowest BCUT2D eigenvalue weighted by molar-refractivity contribution is -0.149. The molecule has 1 aromatic carbocycles. The molecular weight excluding hydrogens is 440 g/mol. The molecule has 0 amide bonds. The lowest BCUT2D eigenvalue weighted by Gasteiger charge is -2.51. The fraction of sp³-hybridized carbons (Fsp3) is 0.633. The van der Waals surface area contributed by atoms with Crippen molar-refractivity contribution in [1.29, 1.82) is 0 Å². The van der Waals surface area contributed by atoms with Crippen LogP contribution in [-0.2, 0) is 29.5 Å². The van der Waals surface area contributed by atoms with Crippen molar-refractivity contribution < 1.29 is 23.7 Å². The van der Waals surface area contributed by atoms with Crippen LogP contribution in [0.5, 0.6) is 0 Å². The standard InChI is InChI=1S/C30H36O5/c1-28-18-24(19-3-6-21(7-4-19)29(2)32-13-14-33-29)27-22-11-12-30(34-15-16-35-30)17-20(22)5-8-23(27)25(28)9-10-26(28)31/h3-4,6-7,17,23-25H,5,8-16,18H2,1-2H3. The Kier molecular flexibility index (Phi) is 5.03. The number of benzene rings is 1. The van der Waals surface area contributed by atoms with Crippen LogP contribution < -0.4 is 0 Å². The summed E-state index contributed by atoms with van der Waals surface area (Å²) in [4.78, 5) is 13.2. The van der Waals surface area contributed by atoms with E-state index in [1.165, 1.54) is 16.7 Å². The van der Waals surface area contributed by atoms with Crippen molar-refractivity contribution >= 4 is 5.78 Å². The summed E-state index contributed by atoms with van der Waals surface area (Å²) in [7, 11) is 0. The molecule has 1 aromatic rings. The lowest BCUT2D eigenvalue weighted by atomic mass is 9.53. The van der Waals surface area contributed by atoms with E-state index in [2.05, 4.69) is 37.3 Å². The highest BCUT2D eigenvalue weighted by molar-refractivity contribution is 5.87. The zero-order valence-electron chi connectivity index (χ0n) is 20.9. The van der Waals surface area contributed by atoms with E-state index in [-0.39, 0.29) is 11.3 Å². The summed E-state index contributed by atoms with van der Waals surface area (Å²) in [5.41, 5.74) is 6.74. The third-order valence-electron chi connectivity index (χ3n) is 10.1. The maximum Gasteiger partial charge on any atom is 0.192 e. The number of hydrogen-bond donors (Lipinski definition) is 0. The number of Topliss-reactive ketones (excluding diaryl/α,β-unsaturated/α-hetero) is 1. The lowest BCUT2D eigenvalue weighted by Crippen LogP contribution is -2.44. The Morgan fingerprint density at radius 1 is 0.857 bits per heavy atom. The molecule has 2 saturated carbocycles. The van der Waals surface area contributed by atoms with Crippen LogP contribution in [0.15, 0.2) is 47.1 Å². The molecule has 5 heteroatoms. The van der Waals surface area contributed by atoms with Crippen molar-refractivity contribution in [2.24, 2.45) is 17.3 Å². The average molecular weight is 477 g/mol. The molecule has 2 heterocycles. The summed E-state index contributed by atoms with van der Waals surface area (Å²) in [5.74, 6) is 0.554. The number of allylic oxidation sites excluding steroid dienone is 3. The van der Waals surface area contributed by atoms with Gasteiger partial charge in [-0.15, -0.1) is 0 Å². The van der Waals surface area contributed by atoms with E-state index >= 15 is 0 Å². The zero-order valence-corrected chi connectivity index (χ0v) is 20.9. The molecule has 4 fully saturated rings. The van der Waals surface area contributed by atoms with Crippen molar-refractivity contribution in [3.05, 3.63) is 58.2 Å². The SMILES string of the molecule is CC1(c2ccc(C3CC4(C)C(=O)CCC4C4CCC5=CC6(CCC5=C34)OCCO6)cc2)OCCO1. The van der Waals surface area contributed by atoms with Crippen molar-refractivity contribution in [2.45, 2.75) is 76.3 Å². The van der Waals surface area contributed by atoms with Gasteiger partial charge in [0.1, 0.15) is 5.78 Å². The minimum absolute atomic E-state index is 0.212. The minimum Gasteiger partial charge on any atom is -0.344 e. The van der Waals surface area contributed by atoms with E-state index in [0.717, 1.165) is 50.5 Å². The Labute approximate surface area is 207 Å². The number of rotatable bonds is 2. The maximum atomic E-state index is 13.2. The molecule has 0 N–H and O–H groups in total. The molecule has 5 nitrogen and oxygen atoms in total. The second-order valence-electron chi connectivity index (χ2n) is 11.8. The zero-order chi connectivity index (χ0) is 23.8. The Bertz CT molecular complexity index is 1100. The van der Waals surface area contributed by atoms with Crippen LogP contribution in [0.25, 0.3) is 0 Å². The van der Waals surface area contributed by atoms with Gasteiger partial charge in [0.15, 0.2) is 11.6 Å². The van der Waals surface area contributed by atoms with Gasteiger partial charge in [-0.25, -0.2) is 0 Å². The molecule has 186 valence electrons. The third kappa shape index (κ3) is 3.31. The minimum atomic E-state index is -0.659. The number of ketones is 1. The van der Waals surface area contributed by atoms with Crippen LogP contribution in [0, 0.1) is 17.3 Å². The second kappa shape index (κ2) is 7.85. The van der Waals surface area contributed by atoms with Gasteiger partial charge >= 0.3 is 0 Å². The molecule has 35 heavy (non-hydrogen) atoms. The second-order valence-corrected chi connectivity index (χ2v) is 11.8. The van der Waals surface area contributed by atoms with Gasteiger partial charge in [0.2, 0.25) is 0 Å². The highest BCUT2D eigenvalue weighted by Gasteiger charge is 2.57. The van der Waals surface area contributed by atoms with Crippen LogP contribution in [0.4, 0.5) is 0 Å². The summed E-state index contributed by atoms with van der Waals surface area (Å²) in [6.07, 6.45) is 9.09. The number of carbonyl (C=O) groups excluding carboxylic acids is 1. The van der Waals surface area contributed by atoms with E-state index in [1.54, 1.807) is 5.57 Å². The first kappa shape index (κ1) is 22.4. The van der Waals surface area contributed by atoms with Crippen molar-refractivity contribution in [3.8, 4) is 0 Å². The summed E-state index contributed by atoms with van der Waals surface area (Å²) in [6.45, 7) is 6.89. The topological polar surface area (TPSA) is 54.0 Å². The van der Waals surface area contributed by atoms with Crippen LogP contribution >= 0.6 is 0 Å². The molecule has 4 unspecified atom stereocenters. The number of fused-ring (bicyclic) bond motifs is 4. The van der Waals surface area contributed by atoms with Crippen molar-refractivity contribution in [2.75, 3.05) is 26.4 Å². The fourth-order valence-electron chi connectivity index (χ4n) is 8.25. The van der Waals surface area contributed by atoms with Gasteiger partial charge in [0, 0.05) is 29.7 Å². The summed E-state index contributed by atoms with van der Waals surface area (Å²) in [5, 5.41) is 0. The highest BCUT2D eigenvalue weighted by atomic mass is 16.7. The molecule has 4 aliphatic carbocycles. The van der Waals surface area contributed by atoms with Gasteiger partial charge in [0.05, 0.1) is 26.4 Å². The quantitative estimate of drug-likeness (QED) is 0.560. The predicted molar refractivity (Wildman–Crippen MR) is 131 cm³/mol. The first-order chi connectivity index (χ1) is 16.9.